The summed E-state index contributed by atoms with van der Waals surface area (Å²) < 4.78 is 5.11. The predicted molar refractivity (Wildman–Crippen MR) is 203 cm³/mol. The van der Waals surface area contributed by atoms with Gasteiger partial charge in [0.25, 0.3) is 0 Å². The Labute approximate surface area is 296 Å². The van der Waals surface area contributed by atoms with Crippen LogP contribution in [0.5, 0.6) is 0 Å². The fourth-order valence-corrected chi connectivity index (χ4v) is 5.73. The molecule has 0 aliphatic rings. The van der Waals surface area contributed by atoms with Crippen molar-refractivity contribution in [3.8, 4) is 22.5 Å². The topological polar surface area (TPSA) is 110 Å². The summed E-state index contributed by atoms with van der Waals surface area (Å²) in [7, 11) is 0. The van der Waals surface area contributed by atoms with Crippen molar-refractivity contribution in [2.75, 3.05) is 10.6 Å². The van der Waals surface area contributed by atoms with Crippen LogP contribution in [0.4, 0.5) is 11.6 Å². The molecule has 49 heavy (non-hydrogen) atoms. The van der Waals surface area contributed by atoms with Gasteiger partial charge in [-0.25, -0.2) is 19.9 Å². The zero-order valence-electron chi connectivity index (χ0n) is 26.4. The number of benzene rings is 2. The van der Waals surface area contributed by atoms with E-state index in [9.17, 15) is 0 Å². The number of nitrogens with one attached hydrogen (secondary N) is 2. The zero-order valence-corrected chi connectivity index (χ0v) is 28.5. The normalized spacial score (nSPS) is 10.8. The highest BCUT2D eigenvalue weighted by molar-refractivity contribution is 14.1. The molecule has 10 nitrogen and oxygen atoms in total. The summed E-state index contributed by atoms with van der Waals surface area (Å²) in [4.78, 5) is 26.8. The molecule has 0 unspecified atom stereocenters. The summed E-state index contributed by atoms with van der Waals surface area (Å²) in [5.74, 6) is 1.50. The quantitative estimate of drug-likeness (QED) is 0.143. The SMILES string of the molecule is C=Cc1cnc2c(NCc3cccnc3)nc(-c3ccccc3)cn12.Ic1cnc2c(NCc3cccnc3)nc(-c3ccccc3)cn12. The molecule has 0 fully saturated rings. The summed E-state index contributed by atoms with van der Waals surface area (Å²) in [5, 5.41) is 6.77. The molecule has 0 aliphatic carbocycles. The molecule has 0 bridgehead atoms. The van der Waals surface area contributed by atoms with E-state index in [4.69, 9.17) is 9.97 Å². The molecule has 240 valence electrons. The Morgan fingerprint density at radius 1 is 0.612 bits per heavy atom. The Hall–Kier alpha value is -5.95. The summed E-state index contributed by atoms with van der Waals surface area (Å²) >= 11 is 2.28. The second-order valence-electron chi connectivity index (χ2n) is 11.0. The Kier molecular flexibility index (Phi) is 9.60. The highest BCUT2D eigenvalue weighted by Gasteiger charge is 2.13. The fourth-order valence-electron chi connectivity index (χ4n) is 5.23. The first kappa shape index (κ1) is 31.6. The van der Waals surface area contributed by atoms with Gasteiger partial charge in [-0.05, 0) is 51.9 Å². The second kappa shape index (κ2) is 14.9. The van der Waals surface area contributed by atoms with Gasteiger partial charge >= 0.3 is 0 Å². The second-order valence-corrected chi connectivity index (χ2v) is 12.1. The lowest BCUT2D eigenvalue weighted by Crippen LogP contribution is -2.05. The fraction of sp³-hybridized carbons (Fsp3) is 0.0526. The number of hydrogen-bond donors (Lipinski definition) is 2. The van der Waals surface area contributed by atoms with Gasteiger partial charge in [0.2, 0.25) is 0 Å². The number of fused-ring (bicyclic) bond motifs is 2. The van der Waals surface area contributed by atoms with E-state index in [1.165, 1.54) is 0 Å². The van der Waals surface area contributed by atoms with Crippen LogP contribution in [0, 0.1) is 3.70 Å². The summed E-state index contributed by atoms with van der Waals surface area (Å²) in [6.07, 6.45) is 16.7. The minimum Gasteiger partial charge on any atom is -0.363 e. The average molecular weight is 755 g/mol. The molecule has 6 heterocycles. The lowest BCUT2D eigenvalue weighted by atomic mass is 10.1. The van der Waals surface area contributed by atoms with Crippen LogP contribution in [0.3, 0.4) is 0 Å². The van der Waals surface area contributed by atoms with Crippen LogP contribution in [-0.2, 0) is 13.1 Å². The molecule has 0 saturated heterocycles. The van der Waals surface area contributed by atoms with Crippen molar-refractivity contribution in [2.24, 2.45) is 0 Å². The van der Waals surface area contributed by atoms with Gasteiger partial charge in [0.15, 0.2) is 22.9 Å². The monoisotopic (exact) mass is 754 g/mol. The largest absolute Gasteiger partial charge is 0.363 e. The van der Waals surface area contributed by atoms with Gasteiger partial charge in [-0.2, -0.15) is 0 Å². The third-order valence-corrected chi connectivity index (χ3v) is 8.48. The van der Waals surface area contributed by atoms with Crippen LogP contribution < -0.4 is 10.6 Å². The predicted octanol–water partition coefficient (Wildman–Crippen LogP) is 8.05. The maximum absolute atomic E-state index is 4.78. The summed E-state index contributed by atoms with van der Waals surface area (Å²) in [6, 6.07) is 28.2. The summed E-state index contributed by atoms with van der Waals surface area (Å²) in [5.41, 5.74) is 8.63. The van der Waals surface area contributed by atoms with Gasteiger partial charge in [0.05, 0.1) is 29.5 Å². The van der Waals surface area contributed by atoms with E-state index >= 15 is 0 Å². The number of pyridine rings is 2. The van der Waals surface area contributed by atoms with Crippen LogP contribution in [0.1, 0.15) is 16.8 Å². The number of hydrogen-bond acceptors (Lipinski definition) is 8. The first-order valence-corrected chi connectivity index (χ1v) is 16.6. The standard InChI is InChI=1S/C20H17N5.C18H14IN5/c1-2-17-13-23-20-19(22-12-15-7-6-10-21-11-15)24-18(14-25(17)20)16-8-4-3-5-9-16;19-16-11-22-18-17(21-10-13-5-4-8-20-9-13)23-15(12-24(16)18)14-6-2-1-3-7-14/h2-11,13-14H,1,12H2,(H,22,24);1-9,11-12H,10H2,(H,21,23). The maximum Gasteiger partial charge on any atom is 0.180 e. The molecule has 0 atom stereocenters. The van der Waals surface area contributed by atoms with Crippen LogP contribution in [0.25, 0.3) is 39.9 Å². The van der Waals surface area contributed by atoms with E-state index in [-0.39, 0.29) is 0 Å². The molecule has 0 radical (unpaired) electrons. The number of nitrogens with zero attached hydrogens (tertiary/aromatic N) is 8. The first-order chi connectivity index (χ1) is 24.2. The molecule has 8 aromatic rings. The lowest BCUT2D eigenvalue weighted by molar-refractivity contribution is 1.05. The highest BCUT2D eigenvalue weighted by Crippen LogP contribution is 2.25. The van der Waals surface area contributed by atoms with Crippen molar-refractivity contribution in [3.63, 3.8) is 0 Å². The lowest BCUT2D eigenvalue weighted by Gasteiger charge is -2.10. The molecule has 6 aromatic heterocycles. The number of rotatable bonds is 9. The van der Waals surface area contributed by atoms with E-state index in [0.29, 0.717) is 13.1 Å². The molecule has 0 spiro atoms. The smallest absolute Gasteiger partial charge is 0.180 e. The highest BCUT2D eigenvalue weighted by atomic mass is 127. The molecule has 8 rings (SSSR count). The van der Waals surface area contributed by atoms with Gasteiger partial charge in [0.1, 0.15) is 3.70 Å². The van der Waals surface area contributed by atoms with E-state index in [1.54, 1.807) is 24.7 Å². The molecular formula is C38H31IN10. The molecule has 2 aromatic carbocycles. The molecule has 0 amide bonds. The van der Waals surface area contributed by atoms with Gasteiger partial charge in [-0.3, -0.25) is 18.8 Å². The van der Waals surface area contributed by atoms with Crippen molar-refractivity contribution < 1.29 is 0 Å². The molecule has 0 saturated carbocycles. The minimum absolute atomic E-state index is 0.630. The number of imidazole rings is 2. The van der Waals surface area contributed by atoms with Gasteiger partial charge in [-0.15, -0.1) is 0 Å². The Balaban J connectivity index is 0.000000154. The number of halogens is 1. The molecule has 0 aliphatic heterocycles. The summed E-state index contributed by atoms with van der Waals surface area (Å²) in [6.45, 7) is 5.15. The van der Waals surface area contributed by atoms with Gasteiger partial charge in [0, 0.05) is 61.4 Å². The van der Waals surface area contributed by atoms with Gasteiger partial charge < -0.3 is 10.6 Å². The Morgan fingerprint density at radius 2 is 1.12 bits per heavy atom. The van der Waals surface area contributed by atoms with Crippen molar-refractivity contribution >= 4 is 51.6 Å². The zero-order chi connectivity index (χ0) is 33.4. The van der Waals surface area contributed by atoms with Crippen LogP contribution >= 0.6 is 22.6 Å². The van der Waals surface area contributed by atoms with E-state index in [1.807, 2.05) is 108 Å². The minimum atomic E-state index is 0.630. The number of anilines is 2. The first-order valence-electron chi connectivity index (χ1n) is 15.6. The van der Waals surface area contributed by atoms with Crippen molar-refractivity contribution in [1.29, 1.82) is 0 Å². The molecule has 11 heteroatoms. The van der Waals surface area contributed by atoms with Gasteiger partial charge in [-0.1, -0.05) is 79.4 Å². The Bertz CT molecular complexity index is 2310. The van der Waals surface area contributed by atoms with E-state index in [0.717, 1.165) is 66.0 Å². The van der Waals surface area contributed by atoms with Crippen LogP contribution in [0.2, 0.25) is 0 Å². The Morgan fingerprint density at radius 3 is 1.63 bits per heavy atom. The third-order valence-electron chi connectivity index (χ3n) is 7.68. The molecule has 2 N–H and O–H groups in total. The molecular weight excluding hydrogens is 723 g/mol. The maximum atomic E-state index is 4.78. The number of aromatic nitrogens is 8. The van der Waals surface area contributed by atoms with E-state index < -0.39 is 0 Å². The van der Waals surface area contributed by atoms with Crippen molar-refractivity contribution in [3.05, 3.63) is 162 Å². The van der Waals surface area contributed by atoms with Crippen molar-refractivity contribution in [2.45, 2.75) is 13.1 Å². The third kappa shape index (κ3) is 7.31. The van der Waals surface area contributed by atoms with E-state index in [2.05, 4.69) is 76.3 Å². The average Bonchev–Trinajstić information content (AvgIpc) is 3.77. The van der Waals surface area contributed by atoms with Crippen LogP contribution in [0.15, 0.2) is 141 Å². The van der Waals surface area contributed by atoms with Crippen LogP contribution in [-0.4, -0.2) is 38.7 Å². The van der Waals surface area contributed by atoms with Crippen molar-refractivity contribution in [1.82, 2.24) is 38.7 Å².